The zero-order chi connectivity index (χ0) is 14.7. The van der Waals surface area contributed by atoms with Crippen LogP contribution in [-0.4, -0.2) is 32.5 Å². The third-order valence-corrected chi connectivity index (χ3v) is 3.83. The monoisotopic (exact) mass is 283 g/mol. The summed E-state index contributed by atoms with van der Waals surface area (Å²) in [6, 6.07) is 2.34. The van der Waals surface area contributed by atoms with Crippen molar-refractivity contribution in [2.45, 2.75) is 39.2 Å². The molecule has 2 heterocycles. The second kappa shape index (κ2) is 6.26. The van der Waals surface area contributed by atoms with E-state index in [1.165, 1.54) is 12.0 Å². The normalized spacial score (nSPS) is 17.8. The van der Waals surface area contributed by atoms with E-state index in [1.807, 2.05) is 6.20 Å². The van der Waals surface area contributed by atoms with Gasteiger partial charge in [-0.1, -0.05) is 13.8 Å². The van der Waals surface area contributed by atoms with Crippen molar-refractivity contribution < 1.29 is 0 Å². The molecule has 1 aliphatic carbocycles. The first-order valence-electron chi connectivity index (χ1n) is 7.58. The Morgan fingerprint density at radius 2 is 2.00 bits per heavy atom. The van der Waals surface area contributed by atoms with E-state index in [1.54, 1.807) is 18.5 Å². The molecule has 0 aliphatic heterocycles. The van der Waals surface area contributed by atoms with Crippen molar-refractivity contribution in [1.82, 2.24) is 25.3 Å². The van der Waals surface area contributed by atoms with Gasteiger partial charge in [0.1, 0.15) is 0 Å². The molecule has 0 saturated carbocycles. The molecule has 0 amide bonds. The number of fused-ring (bicyclic) bond motifs is 1. The van der Waals surface area contributed by atoms with Gasteiger partial charge < -0.3 is 5.32 Å². The molecule has 0 saturated heterocycles. The zero-order valence-corrected chi connectivity index (χ0v) is 12.6. The van der Waals surface area contributed by atoms with E-state index >= 15 is 0 Å². The Kier molecular flexibility index (Phi) is 4.20. The van der Waals surface area contributed by atoms with Crippen LogP contribution < -0.4 is 5.32 Å². The van der Waals surface area contributed by atoms with Crippen LogP contribution in [0.4, 0.5) is 0 Å². The van der Waals surface area contributed by atoms with Gasteiger partial charge in [-0.05, 0) is 43.4 Å². The molecule has 1 N–H and O–H groups in total. The van der Waals surface area contributed by atoms with Gasteiger partial charge in [-0.3, -0.25) is 0 Å². The van der Waals surface area contributed by atoms with Crippen LogP contribution in [0.5, 0.6) is 0 Å². The first-order chi connectivity index (χ1) is 10.2. The van der Waals surface area contributed by atoms with Crippen LogP contribution in [0.1, 0.15) is 31.5 Å². The van der Waals surface area contributed by atoms with Gasteiger partial charge in [0.2, 0.25) is 0 Å². The molecule has 5 heteroatoms. The quantitative estimate of drug-likeness (QED) is 0.930. The van der Waals surface area contributed by atoms with Gasteiger partial charge >= 0.3 is 0 Å². The van der Waals surface area contributed by atoms with E-state index < -0.39 is 0 Å². The van der Waals surface area contributed by atoms with Gasteiger partial charge in [-0.25, -0.2) is 19.9 Å². The third kappa shape index (κ3) is 3.42. The van der Waals surface area contributed by atoms with E-state index in [0.717, 1.165) is 25.1 Å². The number of hydrogen-bond donors (Lipinski definition) is 1. The average Bonchev–Trinajstić information content (AvgIpc) is 2.53. The van der Waals surface area contributed by atoms with E-state index in [2.05, 4.69) is 39.1 Å². The molecule has 1 unspecified atom stereocenters. The van der Waals surface area contributed by atoms with Crippen molar-refractivity contribution in [1.29, 1.82) is 0 Å². The summed E-state index contributed by atoms with van der Waals surface area (Å²) in [4.78, 5) is 17.5. The lowest BCUT2D eigenvalue weighted by Crippen LogP contribution is -2.32. The van der Waals surface area contributed by atoms with E-state index in [-0.39, 0.29) is 0 Å². The summed E-state index contributed by atoms with van der Waals surface area (Å²) in [5.41, 5.74) is 2.43. The molecular weight excluding hydrogens is 262 g/mol. The second-order valence-corrected chi connectivity index (χ2v) is 5.91. The Balaban J connectivity index is 1.74. The Morgan fingerprint density at radius 1 is 1.19 bits per heavy atom. The number of rotatable bonds is 4. The first kappa shape index (κ1) is 14.1. The van der Waals surface area contributed by atoms with Crippen molar-refractivity contribution in [3.05, 3.63) is 35.9 Å². The lowest BCUT2D eigenvalue weighted by Gasteiger charge is -2.25. The summed E-state index contributed by atoms with van der Waals surface area (Å²) >= 11 is 0. The Bertz CT molecular complexity index is 597. The van der Waals surface area contributed by atoms with Crippen LogP contribution in [0.15, 0.2) is 24.7 Å². The summed E-state index contributed by atoms with van der Waals surface area (Å²) < 4.78 is 0. The standard InChI is InChI=1S/C16H21N5/c1-11(2)19-9-12-4-5-14-13(8-12)10-20-16(21-14)15-17-6-3-7-18-15/h3,6-7,10-12,19H,4-5,8-9H2,1-2H3. The number of nitrogens with one attached hydrogen (secondary N) is 1. The van der Waals surface area contributed by atoms with Gasteiger partial charge in [0, 0.05) is 30.3 Å². The highest BCUT2D eigenvalue weighted by atomic mass is 15.0. The predicted molar refractivity (Wildman–Crippen MR) is 81.7 cm³/mol. The van der Waals surface area contributed by atoms with E-state index in [9.17, 15) is 0 Å². The summed E-state index contributed by atoms with van der Waals surface area (Å²) in [5, 5.41) is 3.52. The number of aryl methyl sites for hydroxylation is 1. The molecule has 0 fully saturated rings. The summed E-state index contributed by atoms with van der Waals surface area (Å²) in [5.74, 6) is 1.92. The maximum absolute atomic E-state index is 4.66. The molecule has 110 valence electrons. The molecule has 2 aromatic heterocycles. The maximum Gasteiger partial charge on any atom is 0.197 e. The molecule has 0 spiro atoms. The molecular formula is C16H21N5. The maximum atomic E-state index is 4.66. The summed E-state index contributed by atoms with van der Waals surface area (Å²) in [6.45, 7) is 5.44. The SMILES string of the molecule is CC(C)NCC1CCc2nc(-c3ncccn3)ncc2C1. The van der Waals surface area contributed by atoms with Gasteiger partial charge in [0.25, 0.3) is 0 Å². The molecule has 0 bridgehead atoms. The largest absolute Gasteiger partial charge is 0.314 e. The number of hydrogen-bond acceptors (Lipinski definition) is 5. The van der Waals surface area contributed by atoms with Crippen LogP contribution in [-0.2, 0) is 12.8 Å². The van der Waals surface area contributed by atoms with Crippen LogP contribution in [0.3, 0.4) is 0 Å². The van der Waals surface area contributed by atoms with Crippen LogP contribution in [0.25, 0.3) is 11.6 Å². The lowest BCUT2D eigenvalue weighted by molar-refractivity contribution is 0.402. The van der Waals surface area contributed by atoms with E-state index in [0.29, 0.717) is 23.6 Å². The topological polar surface area (TPSA) is 63.6 Å². The average molecular weight is 283 g/mol. The predicted octanol–water partition coefficient (Wildman–Crippen LogP) is 2.04. The highest BCUT2D eigenvalue weighted by Crippen LogP contribution is 2.24. The van der Waals surface area contributed by atoms with Gasteiger partial charge in [-0.15, -0.1) is 0 Å². The minimum Gasteiger partial charge on any atom is -0.314 e. The Labute approximate surface area is 125 Å². The highest BCUT2D eigenvalue weighted by Gasteiger charge is 2.21. The minimum absolute atomic E-state index is 0.542. The van der Waals surface area contributed by atoms with E-state index in [4.69, 9.17) is 0 Å². The smallest absolute Gasteiger partial charge is 0.197 e. The Morgan fingerprint density at radius 3 is 2.76 bits per heavy atom. The fourth-order valence-electron chi connectivity index (χ4n) is 2.68. The first-order valence-corrected chi connectivity index (χ1v) is 7.58. The lowest BCUT2D eigenvalue weighted by atomic mass is 9.87. The van der Waals surface area contributed by atoms with Crippen molar-refractivity contribution in [3.63, 3.8) is 0 Å². The zero-order valence-electron chi connectivity index (χ0n) is 12.6. The number of aromatic nitrogens is 4. The highest BCUT2D eigenvalue weighted by molar-refractivity contribution is 5.43. The van der Waals surface area contributed by atoms with Crippen LogP contribution in [0, 0.1) is 5.92 Å². The summed E-state index contributed by atoms with van der Waals surface area (Å²) in [6.07, 6.45) is 8.65. The minimum atomic E-state index is 0.542. The molecule has 5 nitrogen and oxygen atoms in total. The van der Waals surface area contributed by atoms with Gasteiger partial charge in [0.05, 0.1) is 0 Å². The molecule has 1 atom stereocenters. The number of nitrogens with zero attached hydrogens (tertiary/aromatic N) is 4. The van der Waals surface area contributed by atoms with Crippen molar-refractivity contribution >= 4 is 0 Å². The molecule has 1 aliphatic rings. The van der Waals surface area contributed by atoms with Crippen molar-refractivity contribution in [3.8, 4) is 11.6 Å². The Hall–Kier alpha value is -1.88. The molecule has 0 aromatic carbocycles. The van der Waals surface area contributed by atoms with Crippen molar-refractivity contribution in [2.24, 2.45) is 5.92 Å². The fraction of sp³-hybridized carbons (Fsp3) is 0.500. The molecule has 3 rings (SSSR count). The van der Waals surface area contributed by atoms with Gasteiger partial charge in [-0.2, -0.15) is 0 Å². The van der Waals surface area contributed by atoms with Crippen molar-refractivity contribution in [2.75, 3.05) is 6.54 Å². The second-order valence-electron chi connectivity index (χ2n) is 5.91. The summed E-state index contributed by atoms with van der Waals surface area (Å²) in [7, 11) is 0. The fourth-order valence-corrected chi connectivity index (χ4v) is 2.68. The van der Waals surface area contributed by atoms with Crippen LogP contribution in [0.2, 0.25) is 0 Å². The molecule has 21 heavy (non-hydrogen) atoms. The third-order valence-electron chi connectivity index (χ3n) is 3.83. The molecule has 2 aromatic rings. The van der Waals surface area contributed by atoms with Crippen LogP contribution >= 0.6 is 0 Å². The van der Waals surface area contributed by atoms with Gasteiger partial charge in [0.15, 0.2) is 11.6 Å². The molecule has 0 radical (unpaired) electrons.